The standard InChI is InChI=1S/C22H27N3O4/c1-24(15-17-2-7-20-21(14-17)29-16-28-20)9-8-22(26)23-18-3-5-19(6-4-18)25-10-12-27-13-11-25/h2-7,14H,8-13,15-16H2,1H3,(H,23,26). The molecule has 2 aliphatic rings. The van der Waals surface area contributed by atoms with Crippen molar-refractivity contribution in [3.8, 4) is 11.5 Å². The van der Waals surface area contributed by atoms with Crippen molar-refractivity contribution in [3.05, 3.63) is 48.0 Å². The van der Waals surface area contributed by atoms with Crippen molar-refractivity contribution in [2.75, 3.05) is 56.9 Å². The Morgan fingerprint density at radius 3 is 2.62 bits per heavy atom. The Bertz CT molecular complexity index is 834. The zero-order valence-electron chi connectivity index (χ0n) is 16.7. The Morgan fingerprint density at radius 2 is 1.83 bits per heavy atom. The van der Waals surface area contributed by atoms with E-state index in [0.29, 0.717) is 13.0 Å². The van der Waals surface area contributed by atoms with Crippen LogP contribution in [0, 0.1) is 0 Å². The molecule has 0 spiro atoms. The van der Waals surface area contributed by atoms with Gasteiger partial charge in [0.25, 0.3) is 0 Å². The zero-order chi connectivity index (χ0) is 20.1. The lowest BCUT2D eigenvalue weighted by molar-refractivity contribution is -0.116. The highest BCUT2D eigenvalue weighted by molar-refractivity contribution is 5.91. The second-order valence-electron chi connectivity index (χ2n) is 7.37. The molecule has 0 bridgehead atoms. The monoisotopic (exact) mass is 397 g/mol. The number of nitrogens with one attached hydrogen (secondary N) is 1. The molecule has 2 aromatic carbocycles. The van der Waals surface area contributed by atoms with E-state index < -0.39 is 0 Å². The molecule has 1 amide bonds. The number of hydrogen-bond donors (Lipinski definition) is 1. The van der Waals surface area contributed by atoms with Crippen LogP contribution in [0.25, 0.3) is 0 Å². The smallest absolute Gasteiger partial charge is 0.231 e. The predicted molar refractivity (Wildman–Crippen MR) is 112 cm³/mol. The number of amides is 1. The lowest BCUT2D eigenvalue weighted by Gasteiger charge is -2.28. The van der Waals surface area contributed by atoms with Gasteiger partial charge in [0.2, 0.25) is 12.7 Å². The molecule has 7 heteroatoms. The first-order chi connectivity index (χ1) is 14.2. The minimum Gasteiger partial charge on any atom is -0.454 e. The molecule has 0 saturated carbocycles. The summed E-state index contributed by atoms with van der Waals surface area (Å²) in [5.41, 5.74) is 3.12. The number of carbonyl (C=O) groups excluding carboxylic acids is 1. The van der Waals surface area contributed by atoms with Crippen LogP contribution in [-0.2, 0) is 16.1 Å². The molecule has 0 aromatic heterocycles. The van der Waals surface area contributed by atoms with E-state index in [9.17, 15) is 4.79 Å². The number of nitrogens with zero attached hydrogens (tertiary/aromatic N) is 2. The lowest BCUT2D eigenvalue weighted by Crippen LogP contribution is -2.36. The summed E-state index contributed by atoms with van der Waals surface area (Å²) in [6.07, 6.45) is 0.437. The number of fused-ring (bicyclic) bond motifs is 1. The summed E-state index contributed by atoms with van der Waals surface area (Å²) in [7, 11) is 2.01. The van der Waals surface area contributed by atoms with Crippen molar-refractivity contribution < 1.29 is 19.0 Å². The third-order valence-corrected chi connectivity index (χ3v) is 5.14. The first-order valence-corrected chi connectivity index (χ1v) is 9.97. The summed E-state index contributed by atoms with van der Waals surface area (Å²) in [6.45, 7) is 5.03. The first-order valence-electron chi connectivity index (χ1n) is 9.97. The van der Waals surface area contributed by atoms with Crippen LogP contribution in [0.1, 0.15) is 12.0 Å². The van der Waals surface area contributed by atoms with E-state index in [4.69, 9.17) is 14.2 Å². The molecule has 0 radical (unpaired) electrons. The third kappa shape index (κ3) is 5.19. The molecule has 2 heterocycles. The average Bonchev–Trinajstić information content (AvgIpc) is 3.21. The van der Waals surface area contributed by atoms with Crippen LogP contribution in [0.2, 0.25) is 0 Å². The largest absolute Gasteiger partial charge is 0.454 e. The SMILES string of the molecule is CN(CCC(=O)Nc1ccc(N2CCOCC2)cc1)Cc1ccc2c(c1)OCO2. The van der Waals surface area contributed by atoms with Gasteiger partial charge in [-0.15, -0.1) is 0 Å². The number of anilines is 2. The highest BCUT2D eigenvalue weighted by atomic mass is 16.7. The van der Waals surface area contributed by atoms with Crippen LogP contribution >= 0.6 is 0 Å². The van der Waals surface area contributed by atoms with Gasteiger partial charge in [-0.3, -0.25) is 4.79 Å². The van der Waals surface area contributed by atoms with E-state index in [2.05, 4.69) is 15.1 Å². The summed E-state index contributed by atoms with van der Waals surface area (Å²) in [4.78, 5) is 16.7. The number of hydrogen-bond acceptors (Lipinski definition) is 6. The number of rotatable bonds is 7. The first kappa shape index (κ1) is 19.5. The molecule has 0 unspecified atom stereocenters. The quantitative estimate of drug-likeness (QED) is 0.775. The topological polar surface area (TPSA) is 63.3 Å². The van der Waals surface area contributed by atoms with Gasteiger partial charge < -0.3 is 29.3 Å². The molecule has 1 fully saturated rings. The van der Waals surface area contributed by atoms with Crippen LogP contribution in [0.3, 0.4) is 0 Å². The Morgan fingerprint density at radius 1 is 1.07 bits per heavy atom. The molecule has 2 aromatic rings. The minimum atomic E-state index is 0.0154. The van der Waals surface area contributed by atoms with Crippen molar-refractivity contribution in [3.63, 3.8) is 0 Å². The Labute approximate surface area is 171 Å². The molecule has 2 aliphatic heterocycles. The van der Waals surface area contributed by atoms with Gasteiger partial charge in [-0.05, 0) is 49.0 Å². The van der Waals surface area contributed by atoms with Crippen LogP contribution in [0.15, 0.2) is 42.5 Å². The van der Waals surface area contributed by atoms with Crippen LogP contribution in [0.4, 0.5) is 11.4 Å². The number of benzene rings is 2. The van der Waals surface area contributed by atoms with Gasteiger partial charge in [0.15, 0.2) is 11.5 Å². The molecule has 0 atom stereocenters. The molecular weight excluding hydrogens is 370 g/mol. The number of ether oxygens (including phenoxy) is 3. The third-order valence-electron chi connectivity index (χ3n) is 5.14. The molecule has 29 heavy (non-hydrogen) atoms. The van der Waals surface area contributed by atoms with Gasteiger partial charge >= 0.3 is 0 Å². The van der Waals surface area contributed by atoms with Gasteiger partial charge in [0.1, 0.15) is 0 Å². The lowest BCUT2D eigenvalue weighted by atomic mass is 10.2. The molecule has 1 saturated heterocycles. The summed E-state index contributed by atoms with van der Waals surface area (Å²) < 4.78 is 16.1. The van der Waals surface area contributed by atoms with Gasteiger partial charge in [0.05, 0.1) is 13.2 Å². The normalized spacial score (nSPS) is 15.6. The minimum absolute atomic E-state index is 0.0154. The maximum Gasteiger partial charge on any atom is 0.231 e. The van der Waals surface area contributed by atoms with Crippen molar-refractivity contribution in [2.24, 2.45) is 0 Å². The van der Waals surface area contributed by atoms with Crippen LogP contribution in [0.5, 0.6) is 11.5 Å². The van der Waals surface area contributed by atoms with E-state index in [1.165, 1.54) is 0 Å². The zero-order valence-corrected chi connectivity index (χ0v) is 16.7. The highest BCUT2D eigenvalue weighted by Crippen LogP contribution is 2.32. The molecule has 7 nitrogen and oxygen atoms in total. The summed E-state index contributed by atoms with van der Waals surface area (Å²) >= 11 is 0. The van der Waals surface area contributed by atoms with Gasteiger partial charge in [0, 0.05) is 44.0 Å². The molecule has 0 aliphatic carbocycles. The number of morpholine rings is 1. The van der Waals surface area contributed by atoms with Gasteiger partial charge in [-0.2, -0.15) is 0 Å². The second-order valence-corrected chi connectivity index (χ2v) is 7.37. The van der Waals surface area contributed by atoms with Crippen molar-refractivity contribution in [1.29, 1.82) is 0 Å². The van der Waals surface area contributed by atoms with E-state index in [1.54, 1.807) is 0 Å². The van der Waals surface area contributed by atoms with Crippen LogP contribution < -0.4 is 19.7 Å². The summed E-state index contributed by atoms with van der Waals surface area (Å²) in [6, 6.07) is 14.0. The molecular formula is C22H27N3O4. The van der Waals surface area contributed by atoms with Crippen molar-refractivity contribution in [1.82, 2.24) is 4.90 Å². The molecule has 1 N–H and O–H groups in total. The fourth-order valence-corrected chi connectivity index (χ4v) is 3.52. The van der Waals surface area contributed by atoms with E-state index in [-0.39, 0.29) is 12.7 Å². The van der Waals surface area contributed by atoms with Crippen molar-refractivity contribution in [2.45, 2.75) is 13.0 Å². The van der Waals surface area contributed by atoms with E-state index in [1.807, 2.05) is 49.5 Å². The Balaban J connectivity index is 1.22. The maximum absolute atomic E-state index is 12.3. The average molecular weight is 397 g/mol. The molecule has 4 rings (SSSR count). The summed E-state index contributed by atoms with van der Waals surface area (Å²) in [5, 5.41) is 2.98. The fourth-order valence-electron chi connectivity index (χ4n) is 3.52. The Kier molecular flexibility index (Phi) is 6.17. The highest BCUT2D eigenvalue weighted by Gasteiger charge is 2.14. The molecule has 154 valence electrons. The van der Waals surface area contributed by atoms with Gasteiger partial charge in [-0.25, -0.2) is 0 Å². The van der Waals surface area contributed by atoms with Gasteiger partial charge in [-0.1, -0.05) is 6.07 Å². The summed E-state index contributed by atoms with van der Waals surface area (Å²) in [5.74, 6) is 1.59. The maximum atomic E-state index is 12.3. The second kappa shape index (κ2) is 9.15. The Hall–Kier alpha value is -2.77. The van der Waals surface area contributed by atoms with Crippen molar-refractivity contribution >= 4 is 17.3 Å². The predicted octanol–water partition coefficient (Wildman–Crippen LogP) is 2.71. The van der Waals surface area contributed by atoms with E-state index in [0.717, 1.165) is 61.3 Å². The van der Waals surface area contributed by atoms with Crippen LogP contribution in [-0.4, -0.2) is 57.5 Å². The number of carbonyl (C=O) groups is 1. The van der Waals surface area contributed by atoms with E-state index >= 15 is 0 Å². The fraction of sp³-hybridized carbons (Fsp3) is 0.409.